The van der Waals surface area contributed by atoms with E-state index in [-0.39, 0.29) is 24.4 Å². The summed E-state index contributed by atoms with van der Waals surface area (Å²) in [5.41, 5.74) is 0. The van der Waals surface area contributed by atoms with Gasteiger partial charge in [-0.2, -0.15) is 0 Å². The molecule has 13 heavy (non-hydrogen) atoms. The van der Waals surface area contributed by atoms with Crippen LogP contribution in [-0.2, 0) is 4.79 Å². The molecule has 1 atom stereocenters. The van der Waals surface area contributed by atoms with Crippen LogP contribution in [0, 0.1) is 0 Å². The van der Waals surface area contributed by atoms with Crippen molar-refractivity contribution in [2.75, 3.05) is 6.54 Å². The Morgan fingerprint density at radius 1 is 1.23 bits per heavy atom. The van der Waals surface area contributed by atoms with Crippen molar-refractivity contribution in [3.8, 4) is 0 Å². The minimum atomic E-state index is 0. The fraction of sp³-hybridized carbons (Fsp3) is 0.889. The van der Waals surface area contributed by atoms with Crippen molar-refractivity contribution in [1.29, 1.82) is 0 Å². The van der Waals surface area contributed by atoms with Gasteiger partial charge in [0.1, 0.15) is 0 Å². The molecule has 1 aliphatic heterocycles. The van der Waals surface area contributed by atoms with Gasteiger partial charge in [-0.25, -0.2) is 0 Å². The molecule has 0 aromatic rings. The smallest absolute Gasteiger partial charge is 0.237 e. The number of nitrogens with one attached hydrogen (secondary N) is 2. The highest BCUT2D eigenvalue weighted by atomic mass is 35.5. The molecule has 0 radical (unpaired) electrons. The van der Waals surface area contributed by atoms with Crippen LogP contribution >= 0.6 is 12.4 Å². The zero-order chi connectivity index (χ0) is 8.39. The molecule has 2 N–H and O–H groups in total. The molecule has 2 aliphatic rings. The van der Waals surface area contributed by atoms with Gasteiger partial charge in [0.25, 0.3) is 0 Å². The third kappa shape index (κ3) is 2.58. The third-order valence-corrected chi connectivity index (χ3v) is 2.84. The second kappa shape index (κ2) is 4.82. The monoisotopic (exact) mass is 204 g/mol. The van der Waals surface area contributed by atoms with Crippen LogP contribution in [0.15, 0.2) is 0 Å². The van der Waals surface area contributed by atoms with Crippen molar-refractivity contribution in [2.24, 2.45) is 0 Å². The number of amides is 1. The van der Waals surface area contributed by atoms with Gasteiger partial charge in [-0.15, -0.1) is 12.4 Å². The van der Waals surface area contributed by atoms with Gasteiger partial charge in [0.2, 0.25) is 5.91 Å². The molecule has 1 saturated carbocycles. The molecule has 0 bridgehead atoms. The molecule has 76 valence electrons. The quantitative estimate of drug-likeness (QED) is 0.700. The molecule has 1 saturated heterocycles. The van der Waals surface area contributed by atoms with Crippen LogP contribution < -0.4 is 10.6 Å². The molecular weight excluding hydrogens is 188 g/mol. The van der Waals surface area contributed by atoms with E-state index in [2.05, 4.69) is 10.6 Å². The van der Waals surface area contributed by atoms with E-state index in [1.807, 2.05) is 0 Å². The first kappa shape index (κ1) is 10.8. The number of rotatable bonds is 2. The van der Waals surface area contributed by atoms with Gasteiger partial charge in [-0.05, 0) is 25.8 Å². The summed E-state index contributed by atoms with van der Waals surface area (Å²) in [5.74, 6) is 0.216. The summed E-state index contributed by atoms with van der Waals surface area (Å²) in [5, 5.41) is 6.19. The molecule has 3 nitrogen and oxygen atoms in total. The molecule has 4 heteroatoms. The Hall–Kier alpha value is -0.280. The Bertz CT molecular complexity index is 176. The number of hydrogen-bond donors (Lipinski definition) is 2. The first-order valence-electron chi connectivity index (χ1n) is 4.90. The lowest BCUT2D eigenvalue weighted by Crippen LogP contribution is -2.54. The topological polar surface area (TPSA) is 41.1 Å². The fourth-order valence-corrected chi connectivity index (χ4v) is 1.88. The van der Waals surface area contributed by atoms with Crippen LogP contribution in [0.3, 0.4) is 0 Å². The maximum absolute atomic E-state index is 11.4. The predicted octanol–water partition coefficient (Wildman–Crippen LogP) is 0.829. The summed E-state index contributed by atoms with van der Waals surface area (Å²) in [6.07, 6.45) is 5.93. The standard InChI is InChI=1S/C9H16N2O.ClH/c12-9(8-5-6-10-8)11-7-3-1-2-4-7;/h7-8,10H,1-6H2,(H,11,12);1H/t8-;/m1./s1. The lowest BCUT2D eigenvalue weighted by atomic mass is 10.1. The van der Waals surface area contributed by atoms with Gasteiger partial charge in [0.15, 0.2) is 0 Å². The second-order valence-corrected chi connectivity index (χ2v) is 3.79. The number of hydrogen-bond acceptors (Lipinski definition) is 2. The van der Waals surface area contributed by atoms with Crippen LogP contribution in [0.25, 0.3) is 0 Å². The minimum Gasteiger partial charge on any atom is -0.352 e. The summed E-state index contributed by atoms with van der Waals surface area (Å²) >= 11 is 0. The van der Waals surface area contributed by atoms with E-state index in [1.165, 1.54) is 25.7 Å². The molecule has 2 fully saturated rings. The van der Waals surface area contributed by atoms with E-state index in [0.717, 1.165) is 13.0 Å². The van der Waals surface area contributed by atoms with Crippen molar-refractivity contribution >= 4 is 18.3 Å². The first-order valence-corrected chi connectivity index (χ1v) is 4.90. The zero-order valence-corrected chi connectivity index (χ0v) is 8.53. The van der Waals surface area contributed by atoms with E-state index in [0.29, 0.717) is 6.04 Å². The van der Waals surface area contributed by atoms with Crippen molar-refractivity contribution < 1.29 is 4.79 Å². The van der Waals surface area contributed by atoms with Crippen molar-refractivity contribution in [3.63, 3.8) is 0 Å². The van der Waals surface area contributed by atoms with Crippen LogP contribution in [-0.4, -0.2) is 24.5 Å². The molecule has 1 heterocycles. The maximum Gasteiger partial charge on any atom is 0.237 e. The van der Waals surface area contributed by atoms with Gasteiger partial charge >= 0.3 is 0 Å². The van der Waals surface area contributed by atoms with E-state index in [1.54, 1.807) is 0 Å². The summed E-state index contributed by atoms with van der Waals surface area (Å²) in [4.78, 5) is 11.4. The normalized spacial score (nSPS) is 27.5. The van der Waals surface area contributed by atoms with Crippen molar-refractivity contribution in [3.05, 3.63) is 0 Å². The Morgan fingerprint density at radius 2 is 1.85 bits per heavy atom. The molecule has 0 spiro atoms. The highest BCUT2D eigenvalue weighted by molar-refractivity contribution is 5.85. The summed E-state index contributed by atoms with van der Waals surface area (Å²) in [6.45, 7) is 1.00. The van der Waals surface area contributed by atoms with E-state index in [4.69, 9.17) is 0 Å². The Labute approximate surface area is 85.1 Å². The SMILES string of the molecule is Cl.O=C(NC1CCCC1)[C@H]1CCN1. The Balaban J connectivity index is 0.000000845. The molecule has 2 rings (SSSR count). The van der Waals surface area contributed by atoms with Crippen LogP contribution in [0.5, 0.6) is 0 Å². The first-order chi connectivity index (χ1) is 5.86. The van der Waals surface area contributed by atoms with Crippen molar-refractivity contribution in [1.82, 2.24) is 10.6 Å². The largest absolute Gasteiger partial charge is 0.352 e. The van der Waals surface area contributed by atoms with Crippen LogP contribution in [0.1, 0.15) is 32.1 Å². The van der Waals surface area contributed by atoms with Crippen LogP contribution in [0.4, 0.5) is 0 Å². The second-order valence-electron chi connectivity index (χ2n) is 3.79. The molecule has 0 aromatic heterocycles. The maximum atomic E-state index is 11.4. The van der Waals surface area contributed by atoms with Gasteiger partial charge in [-0.3, -0.25) is 4.79 Å². The van der Waals surface area contributed by atoms with Crippen molar-refractivity contribution in [2.45, 2.75) is 44.2 Å². The third-order valence-electron chi connectivity index (χ3n) is 2.84. The molecule has 0 aromatic carbocycles. The average Bonchev–Trinajstić information content (AvgIpc) is 2.34. The lowest BCUT2D eigenvalue weighted by molar-refractivity contribution is -0.125. The van der Waals surface area contributed by atoms with Gasteiger partial charge < -0.3 is 10.6 Å². The Morgan fingerprint density at radius 3 is 2.31 bits per heavy atom. The highest BCUT2D eigenvalue weighted by Gasteiger charge is 2.26. The number of carbonyl (C=O) groups excluding carboxylic acids is 1. The lowest BCUT2D eigenvalue weighted by Gasteiger charge is -2.27. The fourth-order valence-electron chi connectivity index (χ4n) is 1.88. The average molecular weight is 205 g/mol. The van der Waals surface area contributed by atoms with E-state index < -0.39 is 0 Å². The zero-order valence-electron chi connectivity index (χ0n) is 7.71. The Kier molecular flexibility index (Phi) is 4.00. The van der Waals surface area contributed by atoms with Gasteiger partial charge in [-0.1, -0.05) is 12.8 Å². The molecule has 1 aliphatic carbocycles. The van der Waals surface area contributed by atoms with E-state index >= 15 is 0 Å². The van der Waals surface area contributed by atoms with Gasteiger partial charge in [0.05, 0.1) is 6.04 Å². The summed E-state index contributed by atoms with van der Waals surface area (Å²) < 4.78 is 0. The summed E-state index contributed by atoms with van der Waals surface area (Å²) in [6, 6.07) is 0.588. The summed E-state index contributed by atoms with van der Waals surface area (Å²) in [7, 11) is 0. The predicted molar refractivity (Wildman–Crippen MR) is 54.1 cm³/mol. The molecular formula is C9H17ClN2O. The molecule has 0 unspecified atom stereocenters. The highest BCUT2D eigenvalue weighted by Crippen LogP contribution is 2.18. The minimum absolute atomic E-state index is 0. The van der Waals surface area contributed by atoms with Crippen LogP contribution in [0.2, 0.25) is 0 Å². The number of carbonyl (C=O) groups is 1. The number of halogens is 1. The van der Waals surface area contributed by atoms with E-state index in [9.17, 15) is 4.79 Å². The molecule has 1 amide bonds. The van der Waals surface area contributed by atoms with Gasteiger partial charge in [0, 0.05) is 6.04 Å².